The quantitative estimate of drug-likeness (QED) is 0.783. The van der Waals surface area contributed by atoms with E-state index < -0.39 is 24.2 Å². The van der Waals surface area contributed by atoms with Crippen molar-refractivity contribution in [2.24, 2.45) is 5.92 Å². The number of likely N-dealkylation sites (tertiary alicyclic amines) is 1. The Labute approximate surface area is 144 Å². The van der Waals surface area contributed by atoms with Crippen molar-refractivity contribution in [1.82, 2.24) is 9.80 Å². The van der Waals surface area contributed by atoms with E-state index >= 15 is 0 Å². The third-order valence-corrected chi connectivity index (χ3v) is 4.79. The van der Waals surface area contributed by atoms with Crippen LogP contribution in [0.15, 0.2) is 30.3 Å². The third-order valence-electron chi connectivity index (χ3n) is 4.79. The van der Waals surface area contributed by atoms with Crippen molar-refractivity contribution in [1.29, 1.82) is 0 Å². The molecule has 25 heavy (non-hydrogen) atoms. The summed E-state index contributed by atoms with van der Waals surface area (Å²) in [6, 6.07) is 7.63. The standard InChI is InChI=1S/C17H20F3N3O2/c1-12-15(24)22(16(25)23(12)14-7-3-2-4-8-14)11-21-9-5-6-13(10-21)17(18,19)20/h2-4,7-8,12-13H,5-6,9-11H2,1H3/t12-,13+/m0/s1. The molecule has 0 radical (unpaired) electrons. The Morgan fingerprint density at radius 3 is 2.48 bits per heavy atom. The Hall–Kier alpha value is -2.09. The maximum atomic E-state index is 12.9. The van der Waals surface area contributed by atoms with Crippen molar-refractivity contribution in [2.75, 3.05) is 24.7 Å². The summed E-state index contributed by atoms with van der Waals surface area (Å²) in [4.78, 5) is 29.1. The summed E-state index contributed by atoms with van der Waals surface area (Å²) in [5, 5.41) is 0. The second-order valence-corrected chi connectivity index (χ2v) is 6.53. The zero-order chi connectivity index (χ0) is 18.2. The zero-order valence-corrected chi connectivity index (χ0v) is 13.9. The fraction of sp³-hybridized carbons (Fsp3) is 0.529. The molecule has 1 aromatic carbocycles. The van der Waals surface area contributed by atoms with Crippen LogP contribution in [0.2, 0.25) is 0 Å². The highest BCUT2D eigenvalue weighted by molar-refractivity contribution is 6.13. The molecule has 3 amide bonds. The zero-order valence-electron chi connectivity index (χ0n) is 13.9. The predicted molar refractivity (Wildman–Crippen MR) is 85.8 cm³/mol. The number of imide groups is 1. The monoisotopic (exact) mass is 355 g/mol. The number of carbonyl (C=O) groups is 2. The molecule has 0 unspecified atom stereocenters. The largest absolute Gasteiger partial charge is 0.393 e. The second kappa shape index (κ2) is 6.67. The molecule has 2 aliphatic heterocycles. The molecule has 0 N–H and O–H groups in total. The highest BCUT2D eigenvalue weighted by Crippen LogP contribution is 2.33. The van der Waals surface area contributed by atoms with E-state index in [2.05, 4.69) is 0 Å². The molecule has 0 aromatic heterocycles. The second-order valence-electron chi connectivity index (χ2n) is 6.53. The van der Waals surface area contributed by atoms with E-state index in [0.717, 1.165) is 4.90 Å². The summed E-state index contributed by atoms with van der Waals surface area (Å²) < 4.78 is 38.8. The number of carbonyl (C=O) groups excluding carboxylic acids is 2. The smallest absolute Gasteiger partial charge is 0.285 e. The number of hydrogen-bond donors (Lipinski definition) is 0. The average Bonchev–Trinajstić information content (AvgIpc) is 2.79. The lowest BCUT2D eigenvalue weighted by atomic mass is 9.98. The molecule has 2 atom stereocenters. The van der Waals surface area contributed by atoms with Crippen LogP contribution in [-0.2, 0) is 4.79 Å². The number of halogens is 3. The molecule has 8 heteroatoms. The van der Waals surface area contributed by atoms with E-state index in [1.54, 1.807) is 42.2 Å². The van der Waals surface area contributed by atoms with Gasteiger partial charge in [-0.05, 0) is 38.4 Å². The van der Waals surface area contributed by atoms with Crippen LogP contribution in [0.25, 0.3) is 0 Å². The number of para-hydroxylation sites is 1. The van der Waals surface area contributed by atoms with E-state index in [-0.39, 0.29) is 25.5 Å². The van der Waals surface area contributed by atoms with Gasteiger partial charge in [0.2, 0.25) is 0 Å². The van der Waals surface area contributed by atoms with Crippen molar-refractivity contribution in [2.45, 2.75) is 32.0 Å². The van der Waals surface area contributed by atoms with Crippen molar-refractivity contribution in [3.63, 3.8) is 0 Å². The fourth-order valence-corrected chi connectivity index (χ4v) is 3.43. The number of piperidine rings is 1. The van der Waals surface area contributed by atoms with Crippen LogP contribution in [0, 0.1) is 5.92 Å². The maximum Gasteiger partial charge on any atom is 0.393 e. The molecule has 2 heterocycles. The maximum absolute atomic E-state index is 12.9. The first-order chi connectivity index (χ1) is 11.8. The highest BCUT2D eigenvalue weighted by Gasteiger charge is 2.46. The summed E-state index contributed by atoms with van der Waals surface area (Å²) in [7, 11) is 0. The van der Waals surface area contributed by atoms with E-state index in [4.69, 9.17) is 0 Å². The molecule has 2 aliphatic rings. The Kier molecular flexibility index (Phi) is 4.73. The summed E-state index contributed by atoms with van der Waals surface area (Å²) in [5.41, 5.74) is 0.600. The minimum atomic E-state index is -4.25. The predicted octanol–water partition coefficient (Wildman–Crippen LogP) is 3.08. The van der Waals surface area contributed by atoms with Crippen molar-refractivity contribution in [3.8, 4) is 0 Å². The van der Waals surface area contributed by atoms with Crippen LogP contribution in [0.3, 0.4) is 0 Å². The number of anilines is 1. The van der Waals surface area contributed by atoms with Gasteiger partial charge >= 0.3 is 12.2 Å². The molecular weight excluding hydrogens is 335 g/mol. The normalized spacial score (nSPS) is 25.8. The van der Waals surface area contributed by atoms with Gasteiger partial charge in [0.05, 0.1) is 12.6 Å². The fourth-order valence-electron chi connectivity index (χ4n) is 3.43. The topological polar surface area (TPSA) is 43.9 Å². The lowest BCUT2D eigenvalue weighted by Gasteiger charge is -2.35. The van der Waals surface area contributed by atoms with Crippen LogP contribution in [0.1, 0.15) is 19.8 Å². The molecule has 2 saturated heterocycles. The van der Waals surface area contributed by atoms with Gasteiger partial charge in [-0.1, -0.05) is 18.2 Å². The lowest BCUT2D eigenvalue weighted by Crippen LogP contribution is -2.48. The van der Waals surface area contributed by atoms with Crippen molar-refractivity contribution < 1.29 is 22.8 Å². The van der Waals surface area contributed by atoms with Gasteiger partial charge in [0, 0.05) is 12.2 Å². The van der Waals surface area contributed by atoms with Gasteiger partial charge in [0.1, 0.15) is 6.04 Å². The van der Waals surface area contributed by atoms with Crippen LogP contribution < -0.4 is 4.90 Å². The summed E-state index contributed by atoms with van der Waals surface area (Å²) in [6.07, 6.45) is -3.76. The molecule has 0 saturated carbocycles. The van der Waals surface area contributed by atoms with Gasteiger partial charge in [-0.25, -0.2) is 9.69 Å². The third kappa shape index (κ3) is 3.49. The Morgan fingerprint density at radius 1 is 1.16 bits per heavy atom. The first kappa shape index (κ1) is 17.7. The van der Waals surface area contributed by atoms with E-state index in [0.29, 0.717) is 18.7 Å². The summed E-state index contributed by atoms with van der Waals surface area (Å²) in [5.74, 6) is -1.79. The number of urea groups is 1. The SMILES string of the molecule is C[C@H]1C(=O)N(CN2CCC[C@@H](C(F)(F)F)C2)C(=O)N1c1ccccc1. The number of alkyl halides is 3. The first-order valence-corrected chi connectivity index (χ1v) is 8.27. The molecule has 5 nitrogen and oxygen atoms in total. The van der Waals surface area contributed by atoms with Gasteiger partial charge in [-0.2, -0.15) is 13.2 Å². The summed E-state index contributed by atoms with van der Waals surface area (Å²) in [6.45, 7) is 1.80. The molecule has 0 bridgehead atoms. The van der Waals surface area contributed by atoms with Gasteiger partial charge < -0.3 is 0 Å². The van der Waals surface area contributed by atoms with Gasteiger partial charge in [-0.15, -0.1) is 0 Å². The first-order valence-electron chi connectivity index (χ1n) is 8.27. The molecule has 0 aliphatic carbocycles. The minimum absolute atomic E-state index is 0.0917. The molecule has 3 rings (SSSR count). The van der Waals surface area contributed by atoms with Gasteiger partial charge in [-0.3, -0.25) is 14.6 Å². The number of rotatable bonds is 3. The van der Waals surface area contributed by atoms with Gasteiger partial charge in [0.15, 0.2) is 0 Å². The molecule has 2 fully saturated rings. The van der Waals surface area contributed by atoms with Crippen LogP contribution in [0.4, 0.5) is 23.7 Å². The van der Waals surface area contributed by atoms with E-state index in [1.165, 1.54) is 4.90 Å². The Morgan fingerprint density at radius 2 is 1.84 bits per heavy atom. The van der Waals surface area contributed by atoms with E-state index in [1.807, 2.05) is 0 Å². The minimum Gasteiger partial charge on any atom is -0.285 e. The summed E-state index contributed by atoms with van der Waals surface area (Å²) >= 11 is 0. The highest BCUT2D eigenvalue weighted by atomic mass is 19.4. The van der Waals surface area contributed by atoms with Crippen LogP contribution in [0.5, 0.6) is 0 Å². The molecule has 1 aromatic rings. The van der Waals surface area contributed by atoms with Crippen LogP contribution in [-0.4, -0.2) is 53.7 Å². The van der Waals surface area contributed by atoms with Crippen molar-refractivity contribution in [3.05, 3.63) is 30.3 Å². The molecule has 136 valence electrons. The van der Waals surface area contributed by atoms with E-state index in [9.17, 15) is 22.8 Å². The van der Waals surface area contributed by atoms with Crippen LogP contribution >= 0.6 is 0 Å². The van der Waals surface area contributed by atoms with Crippen molar-refractivity contribution >= 4 is 17.6 Å². The lowest BCUT2D eigenvalue weighted by molar-refractivity contribution is -0.187. The number of benzene rings is 1. The molecule has 0 spiro atoms. The number of amides is 3. The molecular formula is C17H20F3N3O2. The average molecular weight is 355 g/mol. The Bertz CT molecular complexity index is 650. The Balaban J connectivity index is 1.73. The number of hydrogen-bond acceptors (Lipinski definition) is 3. The number of nitrogens with zero attached hydrogens (tertiary/aromatic N) is 3. The van der Waals surface area contributed by atoms with Gasteiger partial charge in [0.25, 0.3) is 5.91 Å².